The number of carbonyl (C=O) groups excluding carboxylic acids is 3. The number of carboxylic acid groups (broad SMARTS) is 1. The lowest BCUT2D eigenvalue weighted by molar-refractivity contribution is -0.143. The van der Waals surface area contributed by atoms with Crippen LogP contribution in [-0.4, -0.2) is 73.9 Å². The van der Waals surface area contributed by atoms with Crippen LogP contribution in [0.15, 0.2) is 41.7 Å². The number of aromatic amines is 2. The van der Waals surface area contributed by atoms with E-state index in [1.807, 2.05) is 18.4 Å². The fourth-order valence-electron chi connectivity index (χ4n) is 5.59. The van der Waals surface area contributed by atoms with Crippen molar-refractivity contribution in [2.24, 2.45) is 4.99 Å². The van der Waals surface area contributed by atoms with Crippen molar-refractivity contribution in [2.45, 2.75) is 87.7 Å². The van der Waals surface area contributed by atoms with Crippen molar-refractivity contribution in [3.05, 3.63) is 48.0 Å². The molecule has 2 aromatic rings. The van der Waals surface area contributed by atoms with Gasteiger partial charge in [0.25, 0.3) is 5.91 Å². The molecule has 3 aliphatic rings. The molecule has 11 nitrogen and oxygen atoms in total. The Morgan fingerprint density at radius 3 is 2.27 bits per heavy atom. The molecule has 1 atom stereocenters. The van der Waals surface area contributed by atoms with E-state index in [2.05, 4.69) is 25.6 Å². The molecule has 2 aromatic heterocycles. The summed E-state index contributed by atoms with van der Waals surface area (Å²) in [6.45, 7) is 0. The maximum atomic E-state index is 12.9. The zero-order valence-corrected chi connectivity index (χ0v) is 24.2. The number of H-pyrrole nitrogens is 2. The second kappa shape index (κ2) is 13.9. The van der Waals surface area contributed by atoms with Crippen LogP contribution in [0.1, 0.15) is 86.8 Å². The van der Waals surface area contributed by atoms with E-state index < -0.39 is 29.0 Å². The van der Waals surface area contributed by atoms with Gasteiger partial charge >= 0.3 is 11.9 Å². The van der Waals surface area contributed by atoms with Crippen LogP contribution in [0.2, 0.25) is 0 Å². The molecule has 5 N–H and O–H groups in total. The Bertz CT molecular complexity index is 1210. The van der Waals surface area contributed by atoms with E-state index >= 15 is 0 Å². The van der Waals surface area contributed by atoms with E-state index in [0.717, 1.165) is 50.6 Å². The van der Waals surface area contributed by atoms with Crippen molar-refractivity contribution in [1.82, 2.24) is 20.6 Å². The quantitative estimate of drug-likeness (QED) is 0.279. The number of esters is 1. The summed E-state index contributed by atoms with van der Waals surface area (Å²) in [6.07, 6.45) is 14.3. The largest absolute Gasteiger partial charge is 0.480 e. The number of hydrogen-bond acceptors (Lipinski definition) is 7. The standard InChI is InChI=1S/C17H25N3O4S.C12H14N2O2/c1-25-11-7-13(15(22)23)19-16(24)17(8-3-2-4-9-17)20-14(21)12-6-5-10-18-12;15-11-12(6-2-1-3-7-12)14-10(16-11)9-5-4-8-13-9/h5-6,10,13,18H,2-4,7-9,11H2,1H3,(H,19,24)(H,20,21)(H,22,23);4-5,8,13H,1-3,6-7H2/t13-;/m0./s1. The summed E-state index contributed by atoms with van der Waals surface area (Å²) >= 11 is 1.53. The minimum Gasteiger partial charge on any atom is -0.480 e. The highest BCUT2D eigenvalue weighted by Gasteiger charge is 2.47. The Balaban J connectivity index is 0.000000206. The lowest BCUT2D eigenvalue weighted by Crippen LogP contribution is -2.62. The fraction of sp³-hybridized carbons (Fsp3) is 0.552. The average molecular weight is 586 g/mol. The van der Waals surface area contributed by atoms with Crippen molar-refractivity contribution in [2.75, 3.05) is 12.0 Å². The van der Waals surface area contributed by atoms with Gasteiger partial charge in [0.15, 0.2) is 5.54 Å². The molecule has 0 aromatic carbocycles. The Labute approximate surface area is 243 Å². The molecule has 1 aliphatic heterocycles. The molecular formula is C29H39N5O6S. The number of carboxylic acids is 1. The molecule has 0 unspecified atom stereocenters. The highest BCUT2D eigenvalue weighted by atomic mass is 32.2. The number of aliphatic imine (C=N–C) groups is 1. The molecule has 2 aliphatic carbocycles. The van der Waals surface area contributed by atoms with Gasteiger partial charge in [-0.3, -0.25) is 9.59 Å². The van der Waals surface area contributed by atoms with Gasteiger partial charge in [-0.05, 0) is 68.4 Å². The van der Waals surface area contributed by atoms with Crippen molar-refractivity contribution >= 4 is 41.4 Å². The smallest absolute Gasteiger partial charge is 0.340 e. The second-order valence-corrected chi connectivity index (χ2v) is 11.8. The topological polar surface area (TPSA) is 166 Å². The van der Waals surface area contributed by atoms with Gasteiger partial charge in [-0.1, -0.05) is 38.5 Å². The molecule has 0 saturated heterocycles. The summed E-state index contributed by atoms with van der Waals surface area (Å²) in [6, 6.07) is 6.15. The number of nitrogens with one attached hydrogen (secondary N) is 4. The molecule has 0 bridgehead atoms. The maximum Gasteiger partial charge on any atom is 0.340 e. The van der Waals surface area contributed by atoms with E-state index in [1.54, 1.807) is 24.5 Å². The minimum absolute atomic E-state index is 0.170. The number of cyclic esters (lactones) is 1. The molecule has 2 fully saturated rings. The first-order valence-electron chi connectivity index (χ1n) is 14.2. The van der Waals surface area contributed by atoms with Crippen LogP contribution in [0.4, 0.5) is 0 Å². The normalized spacial score (nSPS) is 19.7. The van der Waals surface area contributed by atoms with Crippen LogP contribution in [0, 0.1) is 0 Å². The predicted octanol–water partition coefficient (Wildman–Crippen LogP) is 3.79. The Morgan fingerprint density at radius 2 is 1.68 bits per heavy atom. The second-order valence-electron chi connectivity index (χ2n) is 10.8. The molecule has 41 heavy (non-hydrogen) atoms. The number of ether oxygens (including phenoxy) is 1. The molecule has 2 amide bonds. The molecule has 3 heterocycles. The molecule has 222 valence electrons. The van der Waals surface area contributed by atoms with Gasteiger partial charge in [-0.25, -0.2) is 14.6 Å². The Kier molecular flexibility index (Phi) is 10.3. The van der Waals surface area contributed by atoms with Gasteiger partial charge in [0.2, 0.25) is 11.8 Å². The lowest BCUT2D eigenvalue weighted by Gasteiger charge is -2.37. The van der Waals surface area contributed by atoms with Crippen LogP contribution in [0.3, 0.4) is 0 Å². The Hall–Kier alpha value is -3.54. The molecule has 2 saturated carbocycles. The Morgan fingerprint density at radius 1 is 1.02 bits per heavy atom. The number of aliphatic carboxylic acids is 1. The summed E-state index contributed by atoms with van der Waals surface area (Å²) in [7, 11) is 0. The highest BCUT2D eigenvalue weighted by Crippen LogP contribution is 2.37. The van der Waals surface area contributed by atoms with E-state index in [9.17, 15) is 24.3 Å². The van der Waals surface area contributed by atoms with Gasteiger partial charge < -0.3 is 30.4 Å². The summed E-state index contributed by atoms with van der Waals surface area (Å²) in [5.41, 5.74) is -0.447. The van der Waals surface area contributed by atoms with Gasteiger partial charge in [0.05, 0.1) is 0 Å². The van der Waals surface area contributed by atoms with Crippen LogP contribution in [-0.2, 0) is 19.1 Å². The average Bonchev–Trinajstić information content (AvgIpc) is 3.75. The van der Waals surface area contributed by atoms with Crippen LogP contribution < -0.4 is 10.6 Å². The van der Waals surface area contributed by atoms with Crippen LogP contribution in [0.5, 0.6) is 0 Å². The van der Waals surface area contributed by atoms with Crippen molar-refractivity contribution < 1.29 is 29.0 Å². The lowest BCUT2D eigenvalue weighted by atomic mass is 9.80. The van der Waals surface area contributed by atoms with Crippen molar-refractivity contribution in [1.29, 1.82) is 0 Å². The zero-order chi connectivity index (χ0) is 29.3. The van der Waals surface area contributed by atoms with E-state index in [0.29, 0.717) is 36.6 Å². The monoisotopic (exact) mass is 585 g/mol. The summed E-state index contributed by atoms with van der Waals surface area (Å²) in [5, 5.41) is 14.8. The SMILES string of the molecule is CSCC[C@H](NC(=O)C1(NC(=O)c2ccc[nH]2)CCCCC1)C(=O)O.O=C1OC(c2ccc[nH]2)=NC12CCCCC2. The van der Waals surface area contributed by atoms with Gasteiger partial charge in [-0.15, -0.1) is 0 Å². The van der Waals surface area contributed by atoms with Gasteiger partial charge in [-0.2, -0.15) is 11.8 Å². The van der Waals surface area contributed by atoms with Gasteiger partial charge in [0, 0.05) is 12.4 Å². The number of carbonyl (C=O) groups is 4. The summed E-state index contributed by atoms with van der Waals surface area (Å²) < 4.78 is 5.28. The summed E-state index contributed by atoms with van der Waals surface area (Å²) in [5.74, 6) is -0.879. The third-order valence-electron chi connectivity index (χ3n) is 7.95. The van der Waals surface area contributed by atoms with Crippen molar-refractivity contribution in [3.8, 4) is 0 Å². The molecule has 0 radical (unpaired) electrons. The number of aromatic nitrogens is 2. The van der Waals surface area contributed by atoms with E-state index in [-0.39, 0.29) is 11.9 Å². The number of amides is 2. The molecule has 1 spiro atoms. The van der Waals surface area contributed by atoms with Crippen LogP contribution in [0.25, 0.3) is 0 Å². The number of hydrogen-bond donors (Lipinski definition) is 5. The van der Waals surface area contributed by atoms with E-state index in [1.165, 1.54) is 18.2 Å². The van der Waals surface area contributed by atoms with Crippen molar-refractivity contribution in [3.63, 3.8) is 0 Å². The van der Waals surface area contributed by atoms with E-state index in [4.69, 9.17) is 4.74 Å². The maximum absolute atomic E-state index is 12.9. The third kappa shape index (κ3) is 7.41. The molecule has 5 rings (SSSR count). The summed E-state index contributed by atoms with van der Waals surface area (Å²) in [4.78, 5) is 59.0. The first-order valence-corrected chi connectivity index (χ1v) is 15.6. The highest BCUT2D eigenvalue weighted by molar-refractivity contribution is 7.98. The van der Waals surface area contributed by atoms with Crippen LogP contribution >= 0.6 is 11.8 Å². The van der Waals surface area contributed by atoms with Gasteiger partial charge in [0.1, 0.15) is 23.0 Å². The number of rotatable bonds is 9. The first-order chi connectivity index (χ1) is 19.8. The molecule has 12 heteroatoms. The molecular weight excluding hydrogens is 546 g/mol. The predicted molar refractivity (Wildman–Crippen MR) is 156 cm³/mol. The zero-order valence-electron chi connectivity index (χ0n) is 23.4. The fourth-order valence-corrected chi connectivity index (χ4v) is 6.06. The number of thioether (sulfide) groups is 1. The third-order valence-corrected chi connectivity index (χ3v) is 8.59. The number of nitrogens with zero attached hydrogens (tertiary/aromatic N) is 1. The first kappa shape index (κ1) is 30.4. The minimum atomic E-state index is -1.05.